The Labute approximate surface area is 44.5 Å². The molecule has 0 radical (unpaired) electrons. The van der Waals surface area contributed by atoms with Crippen LogP contribution in [0.2, 0.25) is 0 Å². The second-order valence-corrected chi connectivity index (χ2v) is 1.53. The average Bonchev–Trinajstić information content (AvgIpc) is 1.68. The lowest BCUT2D eigenvalue weighted by molar-refractivity contribution is 0.325. The lowest BCUT2D eigenvalue weighted by Gasteiger charge is -2.10. The zero-order valence-electron chi connectivity index (χ0n) is 4.94. The third-order valence-electron chi connectivity index (χ3n) is 0.901. The molecule has 0 spiro atoms. The summed E-state index contributed by atoms with van der Waals surface area (Å²) < 4.78 is 0. The molecular weight excluding hydrogens is 90.1 g/mol. The number of nitrogens with one attached hydrogen (secondary N) is 1. The number of hydrogen-bond acceptors (Lipinski definition) is 3. The topological polar surface area (TPSA) is 41.3 Å². The Morgan fingerprint density at radius 2 is 2.29 bits per heavy atom. The predicted octanol–water partition coefficient (Wildman–Crippen LogP) is -0.641. The minimum Gasteiger partial charge on any atom is -0.293 e. The SMILES string of the molecule is CCN(C)CNN. The van der Waals surface area contributed by atoms with Gasteiger partial charge in [0.2, 0.25) is 0 Å². The van der Waals surface area contributed by atoms with E-state index in [-0.39, 0.29) is 0 Å². The summed E-state index contributed by atoms with van der Waals surface area (Å²) in [5, 5.41) is 0. The van der Waals surface area contributed by atoms with E-state index < -0.39 is 0 Å². The van der Waals surface area contributed by atoms with Gasteiger partial charge in [0.15, 0.2) is 0 Å². The molecule has 0 atom stereocenters. The van der Waals surface area contributed by atoms with E-state index in [4.69, 9.17) is 5.84 Å². The van der Waals surface area contributed by atoms with E-state index in [1.165, 1.54) is 0 Å². The van der Waals surface area contributed by atoms with Crippen LogP contribution in [0.4, 0.5) is 0 Å². The fraction of sp³-hybridized carbons (Fsp3) is 1.00. The first-order chi connectivity index (χ1) is 3.31. The Hall–Kier alpha value is -0.120. The maximum absolute atomic E-state index is 5.01. The van der Waals surface area contributed by atoms with E-state index >= 15 is 0 Å². The van der Waals surface area contributed by atoms with Gasteiger partial charge in [0.25, 0.3) is 0 Å². The van der Waals surface area contributed by atoms with E-state index in [2.05, 4.69) is 17.2 Å². The Balaban J connectivity index is 2.83. The molecule has 0 amide bonds. The van der Waals surface area contributed by atoms with Crippen LogP contribution in [-0.2, 0) is 0 Å². The maximum Gasteiger partial charge on any atom is 0.0609 e. The van der Waals surface area contributed by atoms with Crippen LogP contribution < -0.4 is 11.3 Å². The first-order valence-corrected chi connectivity index (χ1v) is 2.43. The first-order valence-electron chi connectivity index (χ1n) is 2.43. The maximum atomic E-state index is 5.01. The average molecular weight is 103 g/mol. The van der Waals surface area contributed by atoms with Gasteiger partial charge in [0.1, 0.15) is 0 Å². The van der Waals surface area contributed by atoms with Crippen molar-refractivity contribution < 1.29 is 0 Å². The van der Waals surface area contributed by atoms with Crippen molar-refractivity contribution in [1.82, 2.24) is 10.3 Å². The lowest BCUT2D eigenvalue weighted by atomic mass is 10.7. The van der Waals surface area contributed by atoms with E-state index in [1.54, 1.807) is 0 Å². The van der Waals surface area contributed by atoms with E-state index in [9.17, 15) is 0 Å². The summed E-state index contributed by atoms with van der Waals surface area (Å²) in [6.45, 7) is 3.87. The molecule has 0 fully saturated rings. The van der Waals surface area contributed by atoms with Gasteiger partial charge in [0, 0.05) is 0 Å². The summed E-state index contributed by atoms with van der Waals surface area (Å²) in [5.74, 6) is 5.01. The normalized spacial score (nSPS) is 10.3. The second-order valence-electron chi connectivity index (χ2n) is 1.53. The van der Waals surface area contributed by atoms with Crippen LogP contribution >= 0.6 is 0 Å². The van der Waals surface area contributed by atoms with Gasteiger partial charge in [-0.3, -0.25) is 10.7 Å². The van der Waals surface area contributed by atoms with Crippen molar-refractivity contribution in [1.29, 1.82) is 0 Å². The minimum atomic E-state index is 0.760. The van der Waals surface area contributed by atoms with Gasteiger partial charge < -0.3 is 0 Å². The molecule has 0 saturated carbocycles. The molecule has 0 aliphatic heterocycles. The fourth-order valence-electron chi connectivity index (χ4n) is 0.268. The monoisotopic (exact) mass is 103 g/mol. The van der Waals surface area contributed by atoms with Crippen LogP contribution in [0.5, 0.6) is 0 Å². The van der Waals surface area contributed by atoms with Gasteiger partial charge in [-0.2, -0.15) is 0 Å². The zero-order chi connectivity index (χ0) is 5.70. The van der Waals surface area contributed by atoms with Crippen LogP contribution in [0, 0.1) is 0 Å². The lowest BCUT2D eigenvalue weighted by Crippen LogP contribution is -2.35. The molecule has 0 rings (SSSR count). The van der Waals surface area contributed by atoms with Crippen molar-refractivity contribution in [3.63, 3.8) is 0 Å². The summed E-state index contributed by atoms with van der Waals surface area (Å²) in [6.07, 6.45) is 0. The molecule has 3 nitrogen and oxygen atoms in total. The van der Waals surface area contributed by atoms with Crippen LogP contribution in [0.15, 0.2) is 0 Å². The van der Waals surface area contributed by atoms with Gasteiger partial charge >= 0.3 is 0 Å². The third-order valence-corrected chi connectivity index (χ3v) is 0.901. The molecule has 3 N–H and O–H groups in total. The van der Waals surface area contributed by atoms with E-state index in [0.29, 0.717) is 0 Å². The molecule has 0 aromatic heterocycles. The van der Waals surface area contributed by atoms with E-state index in [1.807, 2.05) is 7.05 Å². The minimum absolute atomic E-state index is 0.760. The van der Waals surface area contributed by atoms with Gasteiger partial charge in [0.05, 0.1) is 6.67 Å². The van der Waals surface area contributed by atoms with Crippen molar-refractivity contribution in [2.75, 3.05) is 20.3 Å². The van der Waals surface area contributed by atoms with Crippen LogP contribution in [-0.4, -0.2) is 25.2 Å². The summed E-state index contributed by atoms with van der Waals surface area (Å²) in [7, 11) is 2.00. The standard InChI is InChI=1S/C4H13N3/c1-3-7(2)4-6-5/h6H,3-5H2,1-2H3. The summed E-state index contributed by atoms with van der Waals surface area (Å²) in [4.78, 5) is 2.07. The molecule has 0 aromatic rings. The van der Waals surface area contributed by atoms with Crippen molar-refractivity contribution in [3.05, 3.63) is 0 Å². The number of rotatable bonds is 3. The van der Waals surface area contributed by atoms with Crippen molar-refractivity contribution in [2.45, 2.75) is 6.92 Å². The largest absolute Gasteiger partial charge is 0.293 e. The molecule has 44 valence electrons. The first kappa shape index (κ1) is 6.88. The second kappa shape index (κ2) is 4.05. The number of nitrogens with two attached hydrogens (primary N) is 1. The highest BCUT2D eigenvalue weighted by Gasteiger charge is 1.85. The Kier molecular flexibility index (Phi) is 3.98. The Morgan fingerprint density at radius 3 is 2.43 bits per heavy atom. The molecule has 0 saturated heterocycles. The van der Waals surface area contributed by atoms with Crippen LogP contribution in [0.3, 0.4) is 0 Å². The molecule has 0 aromatic carbocycles. The highest BCUT2D eigenvalue weighted by Crippen LogP contribution is 1.71. The van der Waals surface area contributed by atoms with Gasteiger partial charge in [-0.25, -0.2) is 5.43 Å². The quantitative estimate of drug-likeness (QED) is 0.283. The van der Waals surface area contributed by atoms with Crippen LogP contribution in [0.25, 0.3) is 0 Å². The van der Waals surface area contributed by atoms with Crippen molar-refractivity contribution in [3.8, 4) is 0 Å². The van der Waals surface area contributed by atoms with Crippen molar-refractivity contribution >= 4 is 0 Å². The molecule has 7 heavy (non-hydrogen) atoms. The number of nitrogens with zero attached hydrogens (tertiary/aromatic N) is 1. The molecule has 0 bridgehead atoms. The summed E-state index contributed by atoms with van der Waals surface area (Å²) in [5.41, 5.74) is 2.54. The van der Waals surface area contributed by atoms with E-state index in [0.717, 1.165) is 13.2 Å². The summed E-state index contributed by atoms with van der Waals surface area (Å²) >= 11 is 0. The van der Waals surface area contributed by atoms with Crippen molar-refractivity contribution in [2.24, 2.45) is 5.84 Å². The predicted molar refractivity (Wildman–Crippen MR) is 30.5 cm³/mol. The zero-order valence-corrected chi connectivity index (χ0v) is 4.94. The molecule has 0 unspecified atom stereocenters. The molecule has 0 aliphatic rings. The highest BCUT2D eigenvalue weighted by molar-refractivity contribution is 4.37. The Bertz CT molecular complexity index is 37.9. The Morgan fingerprint density at radius 1 is 1.71 bits per heavy atom. The molecular formula is C4H13N3. The molecule has 0 aliphatic carbocycles. The summed E-state index contributed by atoms with van der Waals surface area (Å²) in [6, 6.07) is 0. The third kappa shape index (κ3) is 3.72. The number of hydrazine groups is 1. The smallest absolute Gasteiger partial charge is 0.0609 e. The van der Waals surface area contributed by atoms with Gasteiger partial charge in [-0.05, 0) is 13.6 Å². The molecule has 0 heterocycles. The van der Waals surface area contributed by atoms with Gasteiger partial charge in [-0.1, -0.05) is 6.92 Å². The van der Waals surface area contributed by atoms with Gasteiger partial charge in [-0.15, -0.1) is 0 Å². The molecule has 3 heteroatoms. The van der Waals surface area contributed by atoms with Crippen LogP contribution in [0.1, 0.15) is 6.92 Å². The highest BCUT2D eigenvalue weighted by atomic mass is 15.3. The fourth-order valence-corrected chi connectivity index (χ4v) is 0.268. The number of hydrogen-bond donors (Lipinski definition) is 2.